The topological polar surface area (TPSA) is 13.1 Å². The molecule has 2 rings (SSSR count). The van der Waals surface area contributed by atoms with E-state index in [1.165, 1.54) is 11.1 Å². The Hall–Kier alpha value is -0.920. The lowest BCUT2D eigenvalue weighted by Gasteiger charge is -2.12. The number of hydrogen-bond acceptors (Lipinski definition) is 1. The Bertz CT molecular complexity index is 543. The lowest BCUT2D eigenvalue weighted by atomic mass is 10.0. The van der Waals surface area contributed by atoms with Gasteiger partial charge in [0.25, 0.3) is 0 Å². The first-order chi connectivity index (χ1) is 7.99. The van der Waals surface area contributed by atoms with E-state index in [2.05, 4.69) is 6.92 Å². The van der Waals surface area contributed by atoms with E-state index in [4.69, 9.17) is 27.6 Å². The molecule has 0 spiro atoms. The first-order valence-corrected chi connectivity index (χ1v) is 6.26. The molecule has 0 radical (unpaired) electrons. The standard InChI is InChI=1S/C14H14Cl2O/c1-8-4-12(13(15)5-9(8)2)14(16)11-6-10(3)17-7-11/h4-7,14H,1-3H3. The summed E-state index contributed by atoms with van der Waals surface area (Å²) in [5.74, 6) is 0.852. The van der Waals surface area contributed by atoms with E-state index in [9.17, 15) is 0 Å². The third-order valence-corrected chi connectivity index (χ3v) is 3.74. The summed E-state index contributed by atoms with van der Waals surface area (Å²) >= 11 is 12.7. The van der Waals surface area contributed by atoms with Crippen molar-refractivity contribution in [2.45, 2.75) is 26.1 Å². The third kappa shape index (κ3) is 2.51. The van der Waals surface area contributed by atoms with Crippen LogP contribution in [0.5, 0.6) is 0 Å². The largest absolute Gasteiger partial charge is 0.469 e. The van der Waals surface area contributed by atoms with Crippen molar-refractivity contribution in [1.82, 2.24) is 0 Å². The van der Waals surface area contributed by atoms with Gasteiger partial charge in [0, 0.05) is 10.6 Å². The highest BCUT2D eigenvalue weighted by Gasteiger charge is 2.17. The number of aryl methyl sites for hydroxylation is 3. The van der Waals surface area contributed by atoms with Crippen LogP contribution < -0.4 is 0 Å². The summed E-state index contributed by atoms with van der Waals surface area (Å²) in [5.41, 5.74) is 4.23. The van der Waals surface area contributed by atoms with Crippen LogP contribution in [-0.2, 0) is 0 Å². The molecule has 0 N–H and O–H groups in total. The van der Waals surface area contributed by atoms with Crippen molar-refractivity contribution >= 4 is 23.2 Å². The summed E-state index contributed by atoms with van der Waals surface area (Å²) in [6.45, 7) is 5.99. The summed E-state index contributed by atoms with van der Waals surface area (Å²) < 4.78 is 5.27. The molecule has 2 aromatic rings. The Morgan fingerprint density at radius 1 is 1.06 bits per heavy atom. The molecule has 1 atom stereocenters. The van der Waals surface area contributed by atoms with Crippen LogP contribution in [-0.4, -0.2) is 0 Å². The van der Waals surface area contributed by atoms with Crippen molar-refractivity contribution in [2.75, 3.05) is 0 Å². The molecule has 0 bridgehead atoms. The highest BCUT2D eigenvalue weighted by atomic mass is 35.5. The maximum Gasteiger partial charge on any atom is 0.101 e. The summed E-state index contributed by atoms with van der Waals surface area (Å²) in [4.78, 5) is 0. The van der Waals surface area contributed by atoms with E-state index < -0.39 is 0 Å². The number of rotatable bonds is 2. The fraction of sp³-hybridized carbons (Fsp3) is 0.286. The molecule has 1 heterocycles. The van der Waals surface area contributed by atoms with Gasteiger partial charge in [-0.05, 0) is 49.6 Å². The SMILES string of the molecule is Cc1cc(C(Cl)c2cc(C)c(C)cc2Cl)co1. The molecule has 0 aliphatic rings. The molecule has 90 valence electrons. The quantitative estimate of drug-likeness (QED) is 0.684. The van der Waals surface area contributed by atoms with Crippen molar-refractivity contribution in [3.8, 4) is 0 Å². The lowest BCUT2D eigenvalue weighted by molar-refractivity contribution is 0.532. The zero-order valence-electron chi connectivity index (χ0n) is 10.1. The Balaban J connectivity index is 2.43. The van der Waals surface area contributed by atoms with Gasteiger partial charge in [0.05, 0.1) is 11.6 Å². The number of benzene rings is 1. The van der Waals surface area contributed by atoms with E-state index in [0.29, 0.717) is 5.02 Å². The van der Waals surface area contributed by atoms with Gasteiger partial charge in [-0.25, -0.2) is 0 Å². The maximum absolute atomic E-state index is 6.43. The molecule has 0 aliphatic carbocycles. The van der Waals surface area contributed by atoms with Gasteiger partial charge < -0.3 is 4.42 Å². The van der Waals surface area contributed by atoms with Gasteiger partial charge >= 0.3 is 0 Å². The molecule has 0 amide bonds. The fourth-order valence-corrected chi connectivity index (χ4v) is 2.45. The fourth-order valence-electron chi connectivity index (χ4n) is 1.77. The van der Waals surface area contributed by atoms with E-state index in [1.807, 2.05) is 32.0 Å². The number of furan rings is 1. The average Bonchev–Trinajstić information content (AvgIpc) is 2.69. The second kappa shape index (κ2) is 4.75. The second-order valence-electron chi connectivity index (χ2n) is 4.31. The number of halogens is 2. The number of alkyl halides is 1. The van der Waals surface area contributed by atoms with Crippen LogP contribution in [0.25, 0.3) is 0 Å². The van der Waals surface area contributed by atoms with Gasteiger partial charge in [0.15, 0.2) is 0 Å². The van der Waals surface area contributed by atoms with Crippen LogP contribution in [0, 0.1) is 20.8 Å². The molecule has 1 aromatic heterocycles. The monoisotopic (exact) mass is 268 g/mol. The summed E-state index contributed by atoms with van der Waals surface area (Å²) in [6.07, 6.45) is 1.68. The minimum absolute atomic E-state index is 0.265. The van der Waals surface area contributed by atoms with Crippen LogP contribution in [0.15, 0.2) is 28.9 Å². The van der Waals surface area contributed by atoms with Crippen LogP contribution in [0.3, 0.4) is 0 Å². The molecule has 0 fully saturated rings. The summed E-state index contributed by atoms with van der Waals surface area (Å²) in [6, 6.07) is 5.93. The first kappa shape index (κ1) is 12.5. The van der Waals surface area contributed by atoms with Crippen LogP contribution in [0.2, 0.25) is 5.02 Å². The normalized spacial score (nSPS) is 12.8. The molecule has 0 saturated carbocycles. The summed E-state index contributed by atoms with van der Waals surface area (Å²) in [5, 5.41) is 0.436. The van der Waals surface area contributed by atoms with Gasteiger partial charge in [-0.1, -0.05) is 17.7 Å². The van der Waals surface area contributed by atoms with Gasteiger partial charge in [-0.15, -0.1) is 11.6 Å². The molecule has 17 heavy (non-hydrogen) atoms. The van der Waals surface area contributed by atoms with Crippen LogP contribution in [0.1, 0.15) is 33.4 Å². The predicted molar refractivity (Wildman–Crippen MR) is 72.1 cm³/mol. The molecule has 1 aromatic carbocycles. The van der Waals surface area contributed by atoms with Gasteiger partial charge in [-0.2, -0.15) is 0 Å². The highest BCUT2D eigenvalue weighted by molar-refractivity contribution is 6.33. The Morgan fingerprint density at radius 2 is 1.71 bits per heavy atom. The minimum Gasteiger partial charge on any atom is -0.469 e. The van der Waals surface area contributed by atoms with Crippen molar-refractivity contribution in [2.24, 2.45) is 0 Å². The lowest BCUT2D eigenvalue weighted by Crippen LogP contribution is -1.95. The molecule has 1 unspecified atom stereocenters. The third-order valence-electron chi connectivity index (χ3n) is 2.93. The zero-order valence-corrected chi connectivity index (χ0v) is 11.6. The maximum atomic E-state index is 6.43. The molecular weight excluding hydrogens is 255 g/mol. The smallest absolute Gasteiger partial charge is 0.101 e. The average molecular weight is 269 g/mol. The van der Waals surface area contributed by atoms with E-state index in [-0.39, 0.29) is 5.38 Å². The van der Waals surface area contributed by atoms with Crippen molar-refractivity contribution < 1.29 is 4.42 Å². The van der Waals surface area contributed by atoms with Crippen molar-refractivity contribution in [3.05, 3.63) is 57.5 Å². The van der Waals surface area contributed by atoms with Gasteiger partial charge in [0.2, 0.25) is 0 Å². The van der Waals surface area contributed by atoms with Crippen molar-refractivity contribution in [1.29, 1.82) is 0 Å². The molecule has 1 nitrogen and oxygen atoms in total. The van der Waals surface area contributed by atoms with E-state index in [0.717, 1.165) is 16.9 Å². The first-order valence-electron chi connectivity index (χ1n) is 5.45. The Morgan fingerprint density at radius 3 is 2.29 bits per heavy atom. The highest BCUT2D eigenvalue weighted by Crippen LogP contribution is 2.35. The second-order valence-corrected chi connectivity index (χ2v) is 5.15. The van der Waals surface area contributed by atoms with Gasteiger partial charge in [0.1, 0.15) is 5.76 Å². The zero-order chi connectivity index (χ0) is 12.6. The minimum atomic E-state index is -0.265. The van der Waals surface area contributed by atoms with Crippen LogP contribution >= 0.6 is 23.2 Å². The summed E-state index contributed by atoms with van der Waals surface area (Å²) in [7, 11) is 0. The number of hydrogen-bond donors (Lipinski definition) is 0. The predicted octanol–water partition coefficient (Wildman–Crippen LogP) is 5.19. The van der Waals surface area contributed by atoms with E-state index >= 15 is 0 Å². The van der Waals surface area contributed by atoms with Crippen molar-refractivity contribution in [3.63, 3.8) is 0 Å². The van der Waals surface area contributed by atoms with E-state index in [1.54, 1.807) is 6.26 Å². The van der Waals surface area contributed by atoms with Crippen LogP contribution in [0.4, 0.5) is 0 Å². The molecular formula is C14H14Cl2O. The Kier molecular flexibility index (Phi) is 3.50. The molecule has 3 heteroatoms. The van der Waals surface area contributed by atoms with Gasteiger partial charge in [-0.3, -0.25) is 0 Å². The molecule has 0 saturated heterocycles. The molecule has 0 aliphatic heterocycles. The Labute approximate surface area is 111 Å².